The molecule has 2 N–H and O–H groups in total. The van der Waals surface area contributed by atoms with Gasteiger partial charge in [-0.1, -0.05) is 0 Å². The third-order valence-corrected chi connectivity index (χ3v) is 3.97. The van der Waals surface area contributed by atoms with Gasteiger partial charge in [0.2, 0.25) is 0 Å². The van der Waals surface area contributed by atoms with E-state index in [2.05, 4.69) is 15.0 Å². The first kappa shape index (κ1) is 13.9. The molecule has 0 radical (unpaired) electrons. The number of nitrogen functional groups attached to an aromatic ring is 1. The lowest BCUT2D eigenvalue weighted by atomic mass is 10.2. The fourth-order valence-corrected chi connectivity index (χ4v) is 2.86. The number of nitrogens with two attached hydrogens (primary N) is 1. The molecule has 2 aromatic rings. The molecule has 3 heterocycles. The molecule has 0 saturated carbocycles. The Balaban J connectivity index is 1.78. The lowest BCUT2D eigenvalue weighted by Crippen LogP contribution is -2.42. The smallest absolute Gasteiger partial charge is 0.265 e. The number of carbonyl (C=O) groups is 1. The average molecular weight is 305 g/mol. The van der Waals surface area contributed by atoms with Crippen molar-refractivity contribution in [2.45, 2.75) is 13.0 Å². The summed E-state index contributed by atoms with van der Waals surface area (Å²) < 4.78 is 5.72. The number of hydrogen-bond donors (Lipinski definition) is 1. The third-order valence-electron chi connectivity index (χ3n) is 3.20. The Hall–Kier alpha value is -2.06. The van der Waals surface area contributed by atoms with Crippen LogP contribution in [0.2, 0.25) is 0 Å². The normalized spacial score (nSPS) is 18.7. The monoisotopic (exact) mass is 305 g/mol. The van der Waals surface area contributed by atoms with Gasteiger partial charge in [0.25, 0.3) is 5.91 Å². The highest BCUT2D eigenvalue weighted by molar-refractivity contribution is 7.11. The second-order valence-electron chi connectivity index (χ2n) is 4.74. The van der Waals surface area contributed by atoms with Crippen molar-refractivity contribution in [3.05, 3.63) is 34.2 Å². The summed E-state index contributed by atoms with van der Waals surface area (Å²) in [5.41, 5.74) is 8.11. The van der Waals surface area contributed by atoms with Crippen molar-refractivity contribution >= 4 is 23.1 Å². The third kappa shape index (κ3) is 3.01. The number of anilines is 1. The molecule has 1 aliphatic heterocycles. The number of nitrogens with zero attached hydrogens (tertiary/aromatic N) is 4. The molecule has 0 spiro atoms. The molecule has 1 atom stereocenters. The summed E-state index contributed by atoms with van der Waals surface area (Å²) in [6.07, 6.45) is 1.31. The van der Waals surface area contributed by atoms with Crippen LogP contribution in [0, 0.1) is 6.92 Å². The summed E-state index contributed by atoms with van der Waals surface area (Å²) in [5, 5.41) is 0. The first-order chi connectivity index (χ1) is 10.1. The van der Waals surface area contributed by atoms with Gasteiger partial charge in [0.1, 0.15) is 22.6 Å². The lowest BCUT2D eigenvalue weighted by Gasteiger charge is -2.32. The molecule has 0 aromatic carbocycles. The molecule has 7 nitrogen and oxygen atoms in total. The zero-order valence-corrected chi connectivity index (χ0v) is 12.3. The number of rotatable bonds is 2. The van der Waals surface area contributed by atoms with Crippen molar-refractivity contribution in [1.29, 1.82) is 0 Å². The van der Waals surface area contributed by atoms with Gasteiger partial charge in [-0.15, -0.1) is 11.3 Å². The van der Waals surface area contributed by atoms with Gasteiger partial charge in [-0.2, -0.15) is 0 Å². The molecule has 1 aliphatic rings. The van der Waals surface area contributed by atoms with Crippen molar-refractivity contribution in [2.24, 2.45) is 0 Å². The standard InChI is InChI=1S/C13H15N5O2S/c1-8-16-9(4-12(14)17-8)10-6-18(2-3-20-10)13(19)11-5-15-7-21-11/h4-5,7,10H,2-3,6H2,1H3,(H2,14,16,17)/t10-/m1/s1. The maximum atomic E-state index is 12.4. The van der Waals surface area contributed by atoms with E-state index in [0.29, 0.717) is 41.9 Å². The second kappa shape index (κ2) is 5.74. The molecule has 1 fully saturated rings. The van der Waals surface area contributed by atoms with Crippen LogP contribution in [0.3, 0.4) is 0 Å². The van der Waals surface area contributed by atoms with Gasteiger partial charge in [-0.05, 0) is 6.92 Å². The maximum Gasteiger partial charge on any atom is 0.265 e. The lowest BCUT2D eigenvalue weighted by molar-refractivity contribution is -0.0246. The minimum Gasteiger partial charge on any atom is -0.384 e. The van der Waals surface area contributed by atoms with Crippen LogP contribution in [0.25, 0.3) is 0 Å². The number of aromatic nitrogens is 3. The zero-order chi connectivity index (χ0) is 14.8. The Morgan fingerprint density at radius 2 is 2.38 bits per heavy atom. The molecule has 2 aromatic heterocycles. The Bertz CT molecular complexity index is 626. The number of morpholine rings is 1. The Labute approximate surface area is 125 Å². The van der Waals surface area contributed by atoms with Crippen LogP contribution in [0.15, 0.2) is 17.8 Å². The molecule has 110 valence electrons. The fraction of sp³-hybridized carbons (Fsp3) is 0.385. The van der Waals surface area contributed by atoms with E-state index in [4.69, 9.17) is 10.5 Å². The molecule has 0 aliphatic carbocycles. The Kier molecular flexibility index (Phi) is 3.80. The van der Waals surface area contributed by atoms with Crippen molar-refractivity contribution in [1.82, 2.24) is 19.9 Å². The number of thiazole rings is 1. The highest BCUT2D eigenvalue weighted by Crippen LogP contribution is 2.23. The van der Waals surface area contributed by atoms with Gasteiger partial charge in [0.15, 0.2) is 0 Å². The van der Waals surface area contributed by atoms with Crippen LogP contribution in [0.4, 0.5) is 5.82 Å². The number of amides is 1. The van der Waals surface area contributed by atoms with Gasteiger partial charge < -0.3 is 15.4 Å². The summed E-state index contributed by atoms with van der Waals surface area (Å²) >= 11 is 1.34. The van der Waals surface area contributed by atoms with Crippen LogP contribution in [0.5, 0.6) is 0 Å². The van der Waals surface area contributed by atoms with Crippen LogP contribution in [-0.2, 0) is 4.74 Å². The topological polar surface area (TPSA) is 94.2 Å². The number of ether oxygens (including phenoxy) is 1. The van der Waals surface area contributed by atoms with E-state index in [0.717, 1.165) is 0 Å². The van der Waals surface area contributed by atoms with E-state index in [-0.39, 0.29) is 12.0 Å². The van der Waals surface area contributed by atoms with Crippen molar-refractivity contribution < 1.29 is 9.53 Å². The largest absolute Gasteiger partial charge is 0.384 e. The van der Waals surface area contributed by atoms with Crippen molar-refractivity contribution in [3.8, 4) is 0 Å². The zero-order valence-electron chi connectivity index (χ0n) is 11.5. The van der Waals surface area contributed by atoms with Gasteiger partial charge in [-0.3, -0.25) is 9.78 Å². The SMILES string of the molecule is Cc1nc(N)cc([C@H]2CN(C(=O)c3cncs3)CCO2)n1. The highest BCUT2D eigenvalue weighted by atomic mass is 32.1. The summed E-state index contributed by atoms with van der Waals surface area (Å²) in [6, 6.07) is 1.69. The molecule has 8 heteroatoms. The van der Waals surface area contributed by atoms with Crippen molar-refractivity contribution in [3.63, 3.8) is 0 Å². The molecule has 1 amide bonds. The van der Waals surface area contributed by atoms with E-state index < -0.39 is 0 Å². The Morgan fingerprint density at radius 3 is 3.10 bits per heavy atom. The van der Waals surface area contributed by atoms with Gasteiger partial charge in [0.05, 0.1) is 30.6 Å². The minimum absolute atomic E-state index is 0.0236. The van der Waals surface area contributed by atoms with Crippen molar-refractivity contribution in [2.75, 3.05) is 25.4 Å². The van der Waals surface area contributed by atoms with E-state index in [1.165, 1.54) is 11.3 Å². The first-order valence-electron chi connectivity index (χ1n) is 6.54. The van der Waals surface area contributed by atoms with Gasteiger partial charge in [0, 0.05) is 12.6 Å². The highest BCUT2D eigenvalue weighted by Gasteiger charge is 2.28. The molecule has 21 heavy (non-hydrogen) atoms. The summed E-state index contributed by atoms with van der Waals surface area (Å²) in [4.78, 5) is 27.1. The minimum atomic E-state index is -0.278. The molecular weight excluding hydrogens is 290 g/mol. The second-order valence-corrected chi connectivity index (χ2v) is 5.63. The number of aryl methyl sites for hydroxylation is 1. The molecule has 0 unspecified atom stereocenters. The van der Waals surface area contributed by atoms with Gasteiger partial charge in [-0.25, -0.2) is 9.97 Å². The fourth-order valence-electron chi connectivity index (χ4n) is 2.27. The van der Waals surface area contributed by atoms with E-state index in [1.54, 1.807) is 29.6 Å². The van der Waals surface area contributed by atoms with Crippen LogP contribution >= 0.6 is 11.3 Å². The quantitative estimate of drug-likeness (QED) is 0.891. The summed E-state index contributed by atoms with van der Waals surface area (Å²) in [5.74, 6) is 0.982. The Morgan fingerprint density at radius 1 is 1.52 bits per heavy atom. The summed E-state index contributed by atoms with van der Waals surface area (Å²) in [7, 11) is 0. The summed E-state index contributed by atoms with van der Waals surface area (Å²) in [6.45, 7) is 3.26. The predicted octanol–water partition coefficient (Wildman–Crippen LogP) is 1.04. The van der Waals surface area contributed by atoms with Gasteiger partial charge >= 0.3 is 0 Å². The van der Waals surface area contributed by atoms with E-state index in [9.17, 15) is 4.79 Å². The molecule has 0 bridgehead atoms. The number of carbonyl (C=O) groups excluding carboxylic acids is 1. The van der Waals surface area contributed by atoms with E-state index in [1.807, 2.05) is 0 Å². The number of hydrogen-bond acceptors (Lipinski definition) is 7. The molecular formula is C13H15N5O2S. The average Bonchev–Trinajstić information content (AvgIpc) is 3.00. The van der Waals surface area contributed by atoms with Crippen LogP contribution in [0.1, 0.15) is 27.3 Å². The maximum absolute atomic E-state index is 12.4. The molecule has 1 saturated heterocycles. The first-order valence-corrected chi connectivity index (χ1v) is 7.42. The predicted molar refractivity (Wildman–Crippen MR) is 77.9 cm³/mol. The van der Waals surface area contributed by atoms with E-state index >= 15 is 0 Å². The molecule has 3 rings (SSSR count). The van der Waals surface area contributed by atoms with Crippen LogP contribution in [-0.4, -0.2) is 45.5 Å². The van der Waals surface area contributed by atoms with Crippen LogP contribution < -0.4 is 5.73 Å².